The predicted molar refractivity (Wildman–Crippen MR) is 222 cm³/mol. The van der Waals surface area contributed by atoms with E-state index in [9.17, 15) is 4.79 Å². The zero-order valence-electron chi connectivity index (χ0n) is 32.8. The Balaban J connectivity index is 1.28. The Kier molecular flexibility index (Phi) is 11.2. The fraction of sp³-hybridized carbons (Fsp3) is 0.255. The molecule has 0 spiro atoms. The van der Waals surface area contributed by atoms with Crippen LogP contribution in [0.1, 0.15) is 80.2 Å². The lowest BCUT2D eigenvalue weighted by atomic mass is 9.77. The summed E-state index contributed by atoms with van der Waals surface area (Å²) in [6.07, 6.45) is 3.72. The van der Waals surface area contributed by atoms with Gasteiger partial charge in [0.25, 0.3) is 0 Å². The second-order valence-electron chi connectivity index (χ2n) is 14.9. The minimum Gasteiger partial charge on any atom is -0.455 e. The van der Waals surface area contributed by atoms with Crippen molar-refractivity contribution < 1.29 is 9.53 Å². The number of imidazole rings is 1. The SMILES string of the molecule is CCCCN(Cc1ccc(-c2ccccc2-c2nnnn2C(c2ccccc2)(c2ccccc2)c2ccccc2)cc1)c1ncn(CC)c1C(=O)OC(C)(C)C. The number of hydrogen-bond acceptors (Lipinski definition) is 7. The maximum absolute atomic E-state index is 13.5. The van der Waals surface area contributed by atoms with Gasteiger partial charge in [0.2, 0.25) is 0 Å². The minimum absolute atomic E-state index is 0.363. The Morgan fingerprint density at radius 3 is 1.80 bits per heavy atom. The number of benzene rings is 5. The van der Waals surface area contributed by atoms with Crippen molar-refractivity contribution in [3.63, 3.8) is 0 Å². The Labute approximate surface area is 329 Å². The number of carbonyl (C=O) groups is 1. The fourth-order valence-electron chi connectivity index (χ4n) is 7.41. The molecule has 0 bridgehead atoms. The number of aromatic nitrogens is 6. The summed E-state index contributed by atoms with van der Waals surface area (Å²) >= 11 is 0. The summed E-state index contributed by atoms with van der Waals surface area (Å²) in [7, 11) is 0. The van der Waals surface area contributed by atoms with E-state index >= 15 is 0 Å². The summed E-state index contributed by atoms with van der Waals surface area (Å²) in [4.78, 5) is 20.4. The number of tetrazole rings is 1. The molecule has 284 valence electrons. The van der Waals surface area contributed by atoms with Gasteiger partial charge in [0.1, 0.15) is 11.1 Å². The van der Waals surface area contributed by atoms with Crippen LogP contribution in [-0.4, -0.2) is 47.9 Å². The second kappa shape index (κ2) is 16.6. The van der Waals surface area contributed by atoms with Crippen molar-refractivity contribution in [3.05, 3.63) is 174 Å². The molecule has 0 aliphatic carbocycles. The molecule has 0 amide bonds. The lowest BCUT2D eigenvalue weighted by molar-refractivity contribution is 0.00585. The van der Waals surface area contributed by atoms with Gasteiger partial charge in [0.05, 0.1) is 6.33 Å². The van der Waals surface area contributed by atoms with Crippen LogP contribution in [0.4, 0.5) is 5.82 Å². The number of hydrogen-bond donors (Lipinski definition) is 0. The number of unbranched alkanes of at least 4 members (excludes halogenated alkanes) is 1. The maximum Gasteiger partial charge on any atom is 0.359 e. The summed E-state index contributed by atoms with van der Waals surface area (Å²) in [5.41, 5.74) is 6.18. The van der Waals surface area contributed by atoms with Crippen molar-refractivity contribution >= 4 is 11.8 Å². The first kappa shape index (κ1) is 37.9. The largest absolute Gasteiger partial charge is 0.455 e. The number of carbonyl (C=O) groups excluding carboxylic acids is 1. The van der Waals surface area contributed by atoms with Crippen molar-refractivity contribution in [3.8, 4) is 22.5 Å². The number of rotatable bonds is 14. The van der Waals surface area contributed by atoms with E-state index in [1.807, 2.05) is 61.2 Å². The number of anilines is 1. The number of ether oxygens (including phenoxy) is 1. The summed E-state index contributed by atoms with van der Waals surface area (Å²) in [5.74, 6) is 0.932. The molecule has 0 saturated heterocycles. The highest BCUT2D eigenvalue weighted by Crippen LogP contribution is 2.43. The van der Waals surface area contributed by atoms with Gasteiger partial charge in [-0.05, 0) is 77.9 Å². The van der Waals surface area contributed by atoms with Gasteiger partial charge in [-0.3, -0.25) is 0 Å². The van der Waals surface area contributed by atoms with Crippen molar-refractivity contribution in [1.29, 1.82) is 0 Å². The van der Waals surface area contributed by atoms with Gasteiger partial charge in [0.15, 0.2) is 17.3 Å². The van der Waals surface area contributed by atoms with Crippen LogP contribution in [0, 0.1) is 0 Å². The van der Waals surface area contributed by atoms with Gasteiger partial charge in [-0.25, -0.2) is 14.5 Å². The van der Waals surface area contributed by atoms with E-state index in [1.54, 1.807) is 6.33 Å². The smallest absolute Gasteiger partial charge is 0.359 e. The van der Waals surface area contributed by atoms with Gasteiger partial charge < -0.3 is 14.2 Å². The normalized spacial score (nSPS) is 11.7. The van der Waals surface area contributed by atoms with Crippen LogP contribution in [0.15, 0.2) is 146 Å². The third-order valence-electron chi connectivity index (χ3n) is 10.0. The molecule has 0 aliphatic rings. The number of nitrogens with zero attached hydrogens (tertiary/aromatic N) is 7. The molecule has 0 fully saturated rings. The quantitative estimate of drug-likeness (QED) is 0.0809. The van der Waals surface area contributed by atoms with E-state index < -0.39 is 11.1 Å². The highest BCUT2D eigenvalue weighted by atomic mass is 16.6. The molecule has 9 nitrogen and oxygen atoms in total. The number of esters is 1. The molecule has 7 rings (SSSR count). The Morgan fingerprint density at radius 1 is 0.714 bits per heavy atom. The molecule has 0 atom stereocenters. The third kappa shape index (κ3) is 7.62. The van der Waals surface area contributed by atoms with Gasteiger partial charge >= 0.3 is 5.97 Å². The van der Waals surface area contributed by atoms with Crippen LogP contribution in [-0.2, 0) is 23.4 Å². The Hall–Kier alpha value is -6.35. The first-order valence-electron chi connectivity index (χ1n) is 19.4. The summed E-state index contributed by atoms with van der Waals surface area (Å²) in [6.45, 7) is 11.8. The Bertz CT molecular complexity index is 2250. The van der Waals surface area contributed by atoms with Crippen molar-refractivity contribution in [1.82, 2.24) is 29.8 Å². The molecule has 56 heavy (non-hydrogen) atoms. The summed E-state index contributed by atoms with van der Waals surface area (Å²) < 4.78 is 9.69. The third-order valence-corrected chi connectivity index (χ3v) is 10.0. The molecule has 2 aromatic heterocycles. The van der Waals surface area contributed by atoms with Gasteiger partial charge in [0, 0.05) is 25.2 Å². The van der Waals surface area contributed by atoms with Crippen molar-refractivity contribution in [2.45, 2.75) is 71.7 Å². The minimum atomic E-state index is -0.871. The topological polar surface area (TPSA) is 91.0 Å². The molecule has 0 aliphatic heterocycles. The average molecular weight is 744 g/mol. The van der Waals surface area contributed by atoms with Crippen LogP contribution in [0.5, 0.6) is 0 Å². The molecule has 7 aromatic rings. The van der Waals surface area contributed by atoms with E-state index in [0.29, 0.717) is 30.4 Å². The van der Waals surface area contributed by atoms with Crippen LogP contribution < -0.4 is 4.90 Å². The molecule has 0 saturated carbocycles. The first-order chi connectivity index (χ1) is 27.2. The second-order valence-corrected chi connectivity index (χ2v) is 14.9. The monoisotopic (exact) mass is 743 g/mol. The van der Waals surface area contributed by atoms with E-state index in [0.717, 1.165) is 58.3 Å². The zero-order valence-corrected chi connectivity index (χ0v) is 32.8. The van der Waals surface area contributed by atoms with Crippen LogP contribution in [0.3, 0.4) is 0 Å². The van der Waals surface area contributed by atoms with Crippen LogP contribution in [0.25, 0.3) is 22.5 Å². The highest BCUT2D eigenvalue weighted by Gasteiger charge is 2.42. The molecule has 0 radical (unpaired) electrons. The average Bonchev–Trinajstić information content (AvgIpc) is 3.89. The molecule has 0 N–H and O–H groups in total. The first-order valence-corrected chi connectivity index (χ1v) is 19.4. The molecule has 5 aromatic carbocycles. The van der Waals surface area contributed by atoms with E-state index in [1.165, 1.54) is 0 Å². The molecular formula is C47H49N7O2. The number of aryl methyl sites for hydroxylation is 1. The standard InChI is InChI=1S/C47H49N7O2/c1-6-8-32-53(44-42(52(7-2)34-48-44)45(55)56-46(3,4)5)33-35-28-30-36(31-29-35)40-26-18-19-27-41(40)43-49-50-51-54(43)47(37-20-12-9-13-21-37,38-22-14-10-15-23-38)39-24-16-11-17-25-39/h9-31,34H,6-8,32-33H2,1-5H3. The van der Waals surface area contributed by atoms with E-state index in [2.05, 4.69) is 132 Å². The molecule has 9 heteroatoms. The highest BCUT2D eigenvalue weighted by molar-refractivity contribution is 5.93. The molecule has 0 unspecified atom stereocenters. The van der Waals surface area contributed by atoms with Crippen molar-refractivity contribution in [2.75, 3.05) is 11.4 Å². The summed E-state index contributed by atoms with van der Waals surface area (Å²) in [6, 6.07) is 48.2. The van der Waals surface area contributed by atoms with Gasteiger partial charge in [-0.2, -0.15) is 0 Å². The van der Waals surface area contributed by atoms with E-state index in [4.69, 9.17) is 20.0 Å². The van der Waals surface area contributed by atoms with Gasteiger partial charge in [-0.1, -0.05) is 153 Å². The Morgan fingerprint density at radius 2 is 1.27 bits per heavy atom. The molecular weight excluding hydrogens is 695 g/mol. The van der Waals surface area contributed by atoms with Crippen LogP contribution in [0.2, 0.25) is 0 Å². The fourth-order valence-corrected chi connectivity index (χ4v) is 7.41. The zero-order chi connectivity index (χ0) is 39.1. The van der Waals surface area contributed by atoms with Crippen LogP contribution >= 0.6 is 0 Å². The lowest BCUT2D eigenvalue weighted by Crippen LogP contribution is -2.39. The lowest BCUT2D eigenvalue weighted by Gasteiger charge is -2.36. The molecule has 2 heterocycles. The van der Waals surface area contributed by atoms with E-state index in [-0.39, 0.29) is 5.97 Å². The predicted octanol–water partition coefficient (Wildman–Crippen LogP) is 9.83. The van der Waals surface area contributed by atoms with Crippen molar-refractivity contribution in [2.24, 2.45) is 0 Å². The summed E-state index contributed by atoms with van der Waals surface area (Å²) in [5, 5.41) is 13.9. The van der Waals surface area contributed by atoms with Gasteiger partial charge in [-0.15, -0.1) is 5.10 Å². The maximum atomic E-state index is 13.5.